The fourth-order valence-corrected chi connectivity index (χ4v) is 2.90. The van der Waals surface area contributed by atoms with Crippen LogP contribution in [-0.4, -0.2) is 14.5 Å². The third-order valence-electron chi connectivity index (χ3n) is 3.00. The standard InChI is InChI=1S/C13H9ClN4OS/c14-4-11-17-12-8(5-15)2-1-3-10(12)18(11)6-9-7-20-13(19)16-9/h1-3,7H,4,6H2,(H,16,19). The lowest BCUT2D eigenvalue weighted by Gasteiger charge is -2.05. The van der Waals surface area contributed by atoms with Gasteiger partial charge in [-0.2, -0.15) is 5.26 Å². The Morgan fingerprint density at radius 3 is 3.00 bits per heavy atom. The van der Waals surface area contributed by atoms with Crippen molar-refractivity contribution in [3.8, 4) is 6.07 Å². The zero-order valence-corrected chi connectivity index (χ0v) is 11.8. The predicted molar refractivity (Wildman–Crippen MR) is 78.0 cm³/mol. The average Bonchev–Trinajstić information content (AvgIpc) is 3.03. The Morgan fingerprint density at radius 2 is 2.35 bits per heavy atom. The van der Waals surface area contributed by atoms with Crippen molar-refractivity contribution in [3.05, 3.63) is 50.3 Å². The van der Waals surface area contributed by atoms with Crippen molar-refractivity contribution in [1.29, 1.82) is 5.26 Å². The number of aromatic nitrogens is 3. The van der Waals surface area contributed by atoms with Gasteiger partial charge < -0.3 is 9.55 Å². The molecule has 0 bridgehead atoms. The topological polar surface area (TPSA) is 74.5 Å². The number of alkyl halides is 1. The van der Waals surface area contributed by atoms with Crippen LogP contribution in [0.15, 0.2) is 28.4 Å². The molecule has 0 aliphatic heterocycles. The summed E-state index contributed by atoms with van der Waals surface area (Å²) in [7, 11) is 0. The van der Waals surface area contributed by atoms with Gasteiger partial charge in [0, 0.05) is 11.1 Å². The van der Waals surface area contributed by atoms with E-state index in [1.165, 1.54) is 0 Å². The summed E-state index contributed by atoms with van der Waals surface area (Å²) >= 11 is 7.06. The number of para-hydroxylation sites is 1. The van der Waals surface area contributed by atoms with Gasteiger partial charge in [0.25, 0.3) is 0 Å². The molecular formula is C13H9ClN4OS. The number of nitrogens with zero attached hydrogens (tertiary/aromatic N) is 3. The van der Waals surface area contributed by atoms with Gasteiger partial charge in [-0.3, -0.25) is 4.79 Å². The molecule has 3 rings (SSSR count). The van der Waals surface area contributed by atoms with Gasteiger partial charge in [0.15, 0.2) is 0 Å². The fraction of sp³-hybridized carbons (Fsp3) is 0.154. The lowest BCUT2D eigenvalue weighted by molar-refractivity contribution is 0.761. The second kappa shape index (κ2) is 5.12. The third-order valence-corrected chi connectivity index (χ3v) is 3.95. The molecular weight excluding hydrogens is 296 g/mol. The Bertz CT molecular complexity index is 870. The van der Waals surface area contributed by atoms with Crippen LogP contribution in [0.5, 0.6) is 0 Å². The zero-order valence-electron chi connectivity index (χ0n) is 10.3. The maximum absolute atomic E-state index is 11.2. The number of fused-ring (bicyclic) bond motifs is 1. The minimum Gasteiger partial charge on any atom is -0.321 e. The Kier molecular flexibility index (Phi) is 3.30. The first-order valence-electron chi connectivity index (χ1n) is 5.84. The van der Waals surface area contributed by atoms with E-state index in [4.69, 9.17) is 16.9 Å². The third kappa shape index (κ3) is 2.11. The molecule has 0 unspecified atom stereocenters. The van der Waals surface area contributed by atoms with Gasteiger partial charge in [0.2, 0.25) is 0 Å². The molecule has 0 spiro atoms. The van der Waals surface area contributed by atoms with E-state index in [-0.39, 0.29) is 10.8 Å². The van der Waals surface area contributed by atoms with E-state index >= 15 is 0 Å². The molecule has 0 radical (unpaired) electrons. The maximum atomic E-state index is 11.2. The van der Waals surface area contributed by atoms with Crippen LogP contribution in [0.3, 0.4) is 0 Å². The molecule has 0 atom stereocenters. The normalized spacial score (nSPS) is 10.8. The highest BCUT2D eigenvalue weighted by Gasteiger charge is 2.13. The van der Waals surface area contributed by atoms with Gasteiger partial charge in [-0.1, -0.05) is 17.4 Å². The highest BCUT2D eigenvalue weighted by molar-refractivity contribution is 7.07. The fourth-order valence-electron chi connectivity index (χ4n) is 2.13. The monoisotopic (exact) mass is 304 g/mol. The molecule has 100 valence electrons. The van der Waals surface area contributed by atoms with Crippen molar-refractivity contribution in [2.24, 2.45) is 0 Å². The van der Waals surface area contributed by atoms with Gasteiger partial charge in [0.1, 0.15) is 17.4 Å². The number of thiazole rings is 1. The molecule has 1 aromatic carbocycles. The minimum atomic E-state index is -0.0884. The number of benzene rings is 1. The van der Waals surface area contributed by atoms with Crippen LogP contribution in [0.4, 0.5) is 0 Å². The molecule has 0 fully saturated rings. The Hall–Kier alpha value is -2.10. The van der Waals surface area contributed by atoms with Crippen LogP contribution >= 0.6 is 22.9 Å². The van der Waals surface area contributed by atoms with Crippen LogP contribution in [0.25, 0.3) is 11.0 Å². The average molecular weight is 305 g/mol. The van der Waals surface area contributed by atoms with E-state index in [0.29, 0.717) is 23.4 Å². The molecule has 0 saturated carbocycles. The number of nitrogens with one attached hydrogen (secondary N) is 1. The molecule has 7 heteroatoms. The second-order valence-electron chi connectivity index (χ2n) is 4.21. The van der Waals surface area contributed by atoms with Crippen LogP contribution in [0, 0.1) is 11.3 Å². The van der Waals surface area contributed by atoms with E-state index in [1.807, 2.05) is 16.7 Å². The van der Waals surface area contributed by atoms with Crippen LogP contribution in [-0.2, 0) is 12.4 Å². The van der Waals surface area contributed by atoms with Crippen molar-refractivity contribution < 1.29 is 0 Å². The Morgan fingerprint density at radius 1 is 1.50 bits per heavy atom. The lowest BCUT2D eigenvalue weighted by Crippen LogP contribution is -2.06. The first-order valence-corrected chi connectivity index (χ1v) is 7.25. The van der Waals surface area contributed by atoms with E-state index in [0.717, 1.165) is 22.5 Å². The molecule has 2 aromatic heterocycles. The van der Waals surface area contributed by atoms with Gasteiger partial charge in [-0.25, -0.2) is 4.98 Å². The summed E-state index contributed by atoms with van der Waals surface area (Å²) in [6.45, 7) is 0.478. The van der Waals surface area contributed by atoms with E-state index in [2.05, 4.69) is 16.0 Å². The van der Waals surface area contributed by atoms with E-state index in [9.17, 15) is 4.79 Å². The molecule has 20 heavy (non-hydrogen) atoms. The highest BCUT2D eigenvalue weighted by atomic mass is 35.5. The molecule has 3 aromatic rings. The molecule has 5 nitrogen and oxygen atoms in total. The molecule has 0 aliphatic rings. The number of aromatic amines is 1. The number of hydrogen-bond donors (Lipinski definition) is 1. The molecule has 0 saturated heterocycles. The number of halogens is 1. The largest absolute Gasteiger partial charge is 0.321 e. The van der Waals surface area contributed by atoms with Crippen molar-refractivity contribution in [1.82, 2.24) is 14.5 Å². The van der Waals surface area contributed by atoms with Crippen LogP contribution in [0.1, 0.15) is 17.1 Å². The second-order valence-corrected chi connectivity index (χ2v) is 5.32. The van der Waals surface area contributed by atoms with Crippen molar-refractivity contribution >= 4 is 34.0 Å². The summed E-state index contributed by atoms with van der Waals surface area (Å²) in [4.78, 5) is 18.3. The van der Waals surface area contributed by atoms with Crippen molar-refractivity contribution in [2.75, 3.05) is 0 Å². The van der Waals surface area contributed by atoms with Gasteiger partial charge >= 0.3 is 4.87 Å². The number of hydrogen-bond acceptors (Lipinski definition) is 4. The number of rotatable bonds is 3. The SMILES string of the molecule is N#Cc1cccc2c1nc(CCl)n2Cc1csc(=O)[nH]1. The molecule has 1 N–H and O–H groups in total. The zero-order chi connectivity index (χ0) is 14.1. The Labute approximate surface area is 123 Å². The van der Waals surface area contributed by atoms with Gasteiger partial charge in [-0.15, -0.1) is 11.6 Å². The van der Waals surface area contributed by atoms with Crippen molar-refractivity contribution in [3.63, 3.8) is 0 Å². The van der Waals surface area contributed by atoms with Crippen LogP contribution in [0.2, 0.25) is 0 Å². The first-order chi connectivity index (χ1) is 9.72. The predicted octanol–water partition coefficient (Wildman–Crippen LogP) is 2.44. The summed E-state index contributed by atoms with van der Waals surface area (Å²) in [6.07, 6.45) is 0. The van der Waals surface area contributed by atoms with Gasteiger partial charge in [-0.05, 0) is 12.1 Å². The summed E-state index contributed by atoms with van der Waals surface area (Å²) in [6, 6.07) is 7.56. The first kappa shape index (κ1) is 12.9. The maximum Gasteiger partial charge on any atom is 0.304 e. The van der Waals surface area contributed by atoms with Crippen LogP contribution < -0.4 is 4.87 Å². The smallest absolute Gasteiger partial charge is 0.304 e. The summed E-state index contributed by atoms with van der Waals surface area (Å²) in [5.41, 5.74) is 2.80. The molecule has 2 heterocycles. The number of nitriles is 1. The minimum absolute atomic E-state index is 0.0884. The quantitative estimate of drug-likeness (QED) is 0.755. The summed E-state index contributed by atoms with van der Waals surface area (Å²) in [5.74, 6) is 0.921. The molecule has 0 aliphatic carbocycles. The van der Waals surface area contributed by atoms with E-state index < -0.39 is 0 Å². The molecule has 0 amide bonds. The summed E-state index contributed by atoms with van der Waals surface area (Å²) in [5, 5.41) is 10.9. The number of imidazole rings is 1. The van der Waals surface area contributed by atoms with Gasteiger partial charge in [0.05, 0.1) is 23.5 Å². The Balaban J connectivity index is 2.18. The van der Waals surface area contributed by atoms with Crippen molar-refractivity contribution in [2.45, 2.75) is 12.4 Å². The lowest BCUT2D eigenvalue weighted by atomic mass is 10.2. The number of H-pyrrole nitrogens is 1. The van der Waals surface area contributed by atoms with E-state index in [1.54, 1.807) is 11.4 Å². The summed E-state index contributed by atoms with van der Waals surface area (Å²) < 4.78 is 1.92. The highest BCUT2D eigenvalue weighted by Crippen LogP contribution is 2.21.